The molecule has 0 spiro atoms. The zero-order valence-electron chi connectivity index (χ0n) is 13.9. The van der Waals surface area contributed by atoms with Gasteiger partial charge in [-0.25, -0.2) is 9.78 Å². The second kappa shape index (κ2) is 6.18. The van der Waals surface area contributed by atoms with Crippen molar-refractivity contribution in [2.24, 2.45) is 0 Å². The molecule has 0 saturated carbocycles. The van der Waals surface area contributed by atoms with E-state index < -0.39 is 0 Å². The van der Waals surface area contributed by atoms with Crippen molar-refractivity contribution in [2.45, 2.75) is 13.8 Å². The molecule has 25 heavy (non-hydrogen) atoms. The third-order valence-electron chi connectivity index (χ3n) is 4.07. The topological polar surface area (TPSA) is 55.1 Å². The lowest BCUT2D eigenvalue weighted by molar-refractivity contribution is 0.563. The number of anilines is 2. The van der Waals surface area contributed by atoms with Gasteiger partial charge in [-0.3, -0.25) is 0 Å². The van der Waals surface area contributed by atoms with Crippen LogP contribution in [0, 0.1) is 13.8 Å². The number of nitrogens with zero attached hydrogens (tertiary/aromatic N) is 1. The summed E-state index contributed by atoms with van der Waals surface area (Å²) in [5, 5.41) is 4.99. The van der Waals surface area contributed by atoms with Crippen LogP contribution in [0.25, 0.3) is 21.4 Å². The number of nitrogens with one attached hydrogen (secondary N) is 1. The minimum absolute atomic E-state index is 0.340. The fourth-order valence-electron chi connectivity index (χ4n) is 2.75. The van der Waals surface area contributed by atoms with Gasteiger partial charge in [0.15, 0.2) is 5.13 Å². The van der Waals surface area contributed by atoms with Gasteiger partial charge < -0.3 is 9.73 Å². The van der Waals surface area contributed by atoms with Gasteiger partial charge in [0.2, 0.25) is 0 Å². The molecule has 0 amide bonds. The number of hydrogen-bond donors (Lipinski definition) is 1. The maximum Gasteiger partial charge on any atom is 0.345 e. The van der Waals surface area contributed by atoms with E-state index in [2.05, 4.69) is 10.3 Å². The van der Waals surface area contributed by atoms with Gasteiger partial charge in [0.05, 0.1) is 16.1 Å². The summed E-state index contributed by atoms with van der Waals surface area (Å²) in [6.45, 7) is 3.95. The zero-order chi connectivity index (χ0) is 17.4. The highest BCUT2D eigenvalue weighted by molar-refractivity contribution is 7.19. The van der Waals surface area contributed by atoms with Gasteiger partial charge in [-0.2, -0.15) is 0 Å². The maximum atomic E-state index is 12.4. The summed E-state index contributed by atoms with van der Waals surface area (Å²) in [6, 6.07) is 17.4. The van der Waals surface area contributed by atoms with Crippen molar-refractivity contribution in [1.82, 2.24) is 4.98 Å². The smallest absolute Gasteiger partial charge is 0.345 e. The van der Waals surface area contributed by atoms with Crippen molar-refractivity contribution in [3.8, 4) is 10.4 Å². The Morgan fingerprint density at radius 2 is 1.80 bits per heavy atom. The average Bonchev–Trinajstić information content (AvgIpc) is 2.96. The van der Waals surface area contributed by atoms with Crippen LogP contribution in [0.3, 0.4) is 0 Å². The van der Waals surface area contributed by atoms with Gasteiger partial charge in [0.25, 0.3) is 0 Å². The predicted octanol–water partition coefficient (Wildman–Crippen LogP) is 5.28. The minimum Gasteiger partial charge on any atom is -0.422 e. The summed E-state index contributed by atoms with van der Waals surface area (Å²) in [6.07, 6.45) is 0. The van der Waals surface area contributed by atoms with Gasteiger partial charge in [0.1, 0.15) is 5.58 Å². The van der Waals surface area contributed by atoms with E-state index in [9.17, 15) is 4.79 Å². The van der Waals surface area contributed by atoms with E-state index in [1.807, 2.05) is 62.4 Å². The van der Waals surface area contributed by atoms with Crippen LogP contribution in [0.1, 0.15) is 11.3 Å². The first-order chi connectivity index (χ1) is 12.1. The lowest BCUT2D eigenvalue weighted by Gasteiger charge is -2.05. The Balaban J connectivity index is 1.77. The Morgan fingerprint density at radius 1 is 1.04 bits per heavy atom. The van der Waals surface area contributed by atoms with Crippen molar-refractivity contribution in [1.29, 1.82) is 0 Å². The average molecular weight is 348 g/mol. The Labute approximate surface area is 148 Å². The van der Waals surface area contributed by atoms with Crippen LogP contribution in [-0.2, 0) is 0 Å². The SMILES string of the molecule is Cc1ccccc1Nc1nc(C)c(-c2cc3ccccc3oc2=O)s1. The molecule has 0 radical (unpaired) electrons. The largest absolute Gasteiger partial charge is 0.422 e. The molecular formula is C20H16N2O2S. The van der Waals surface area contributed by atoms with Crippen molar-refractivity contribution >= 4 is 33.1 Å². The van der Waals surface area contributed by atoms with Gasteiger partial charge in [-0.1, -0.05) is 47.7 Å². The quantitative estimate of drug-likeness (QED) is 0.512. The van der Waals surface area contributed by atoms with Crippen LogP contribution in [0.2, 0.25) is 0 Å². The standard InChI is InChI=1S/C20H16N2O2S/c1-12-7-3-5-9-16(12)22-20-21-13(2)18(25-20)15-11-14-8-4-6-10-17(14)24-19(15)23/h3-11H,1-2H3,(H,21,22). The molecule has 4 rings (SSSR count). The van der Waals surface area contributed by atoms with E-state index in [0.717, 1.165) is 32.3 Å². The summed E-state index contributed by atoms with van der Waals surface area (Å²) in [5.41, 5.74) is 3.76. The zero-order valence-corrected chi connectivity index (χ0v) is 14.7. The van der Waals surface area contributed by atoms with E-state index in [-0.39, 0.29) is 5.63 Å². The predicted molar refractivity (Wildman–Crippen MR) is 103 cm³/mol. The number of aromatic nitrogens is 1. The second-order valence-electron chi connectivity index (χ2n) is 5.86. The van der Waals surface area contributed by atoms with E-state index in [1.165, 1.54) is 11.3 Å². The van der Waals surface area contributed by atoms with Gasteiger partial charge >= 0.3 is 5.63 Å². The molecule has 124 valence electrons. The van der Waals surface area contributed by atoms with E-state index in [4.69, 9.17) is 4.42 Å². The van der Waals surface area contributed by atoms with E-state index in [0.29, 0.717) is 11.1 Å². The Hall–Kier alpha value is -2.92. The molecule has 0 aliphatic carbocycles. The maximum absolute atomic E-state index is 12.4. The molecule has 2 heterocycles. The lowest BCUT2D eigenvalue weighted by Crippen LogP contribution is -2.02. The number of para-hydroxylation sites is 2. The molecule has 0 unspecified atom stereocenters. The highest BCUT2D eigenvalue weighted by Gasteiger charge is 2.15. The summed E-state index contributed by atoms with van der Waals surface area (Å²) in [4.78, 5) is 17.8. The molecule has 0 aliphatic heterocycles. The number of hydrogen-bond acceptors (Lipinski definition) is 5. The fourth-order valence-corrected chi connectivity index (χ4v) is 3.73. The summed E-state index contributed by atoms with van der Waals surface area (Å²) in [7, 11) is 0. The monoisotopic (exact) mass is 348 g/mol. The first kappa shape index (κ1) is 15.6. The molecule has 0 atom stereocenters. The molecule has 0 fully saturated rings. The van der Waals surface area contributed by atoms with Crippen LogP contribution >= 0.6 is 11.3 Å². The van der Waals surface area contributed by atoms with Gasteiger partial charge in [-0.05, 0) is 37.6 Å². The fraction of sp³-hybridized carbons (Fsp3) is 0.100. The normalized spacial score (nSPS) is 11.0. The molecule has 0 aliphatic rings. The Bertz CT molecular complexity index is 1130. The molecule has 2 aromatic heterocycles. The van der Waals surface area contributed by atoms with E-state index in [1.54, 1.807) is 6.07 Å². The third kappa shape index (κ3) is 2.94. The number of rotatable bonds is 3. The Morgan fingerprint density at radius 3 is 2.64 bits per heavy atom. The van der Waals surface area contributed by atoms with Gasteiger partial charge in [-0.15, -0.1) is 0 Å². The molecule has 0 saturated heterocycles. The molecule has 2 aromatic carbocycles. The first-order valence-electron chi connectivity index (χ1n) is 7.95. The third-order valence-corrected chi connectivity index (χ3v) is 5.18. The number of benzene rings is 2. The first-order valence-corrected chi connectivity index (χ1v) is 8.77. The Kier molecular flexibility index (Phi) is 3.86. The molecule has 0 bridgehead atoms. The lowest BCUT2D eigenvalue weighted by atomic mass is 10.1. The van der Waals surface area contributed by atoms with Crippen molar-refractivity contribution in [2.75, 3.05) is 5.32 Å². The molecular weight excluding hydrogens is 332 g/mol. The number of fused-ring (bicyclic) bond motifs is 1. The van der Waals surface area contributed by atoms with Crippen LogP contribution < -0.4 is 10.9 Å². The van der Waals surface area contributed by atoms with Crippen molar-refractivity contribution in [3.05, 3.63) is 76.3 Å². The molecule has 4 aromatic rings. The van der Waals surface area contributed by atoms with Crippen LogP contribution in [0.15, 0.2) is 63.8 Å². The number of aryl methyl sites for hydroxylation is 2. The van der Waals surface area contributed by atoms with E-state index >= 15 is 0 Å². The van der Waals surface area contributed by atoms with Crippen LogP contribution in [0.5, 0.6) is 0 Å². The van der Waals surface area contributed by atoms with Crippen molar-refractivity contribution < 1.29 is 4.42 Å². The molecule has 4 nitrogen and oxygen atoms in total. The van der Waals surface area contributed by atoms with Crippen molar-refractivity contribution in [3.63, 3.8) is 0 Å². The van der Waals surface area contributed by atoms with Crippen LogP contribution in [-0.4, -0.2) is 4.98 Å². The number of thiazole rings is 1. The van der Waals surface area contributed by atoms with Gasteiger partial charge in [0, 0.05) is 11.1 Å². The second-order valence-corrected chi connectivity index (χ2v) is 6.86. The summed E-state index contributed by atoms with van der Waals surface area (Å²) >= 11 is 1.46. The highest BCUT2D eigenvalue weighted by atomic mass is 32.1. The minimum atomic E-state index is -0.340. The highest BCUT2D eigenvalue weighted by Crippen LogP contribution is 2.34. The summed E-state index contributed by atoms with van der Waals surface area (Å²) in [5.74, 6) is 0. The molecule has 1 N–H and O–H groups in total. The summed E-state index contributed by atoms with van der Waals surface area (Å²) < 4.78 is 5.45. The van der Waals surface area contributed by atoms with Crippen LogP contribution in [0.4, 0.5) is 10.8 Å². The molecule has 5 heteroatoms.